The number of rotatable bonds is 4. The number of hydrogen-bond donors (Lipinski definition) is 1. The topological polar surface area (TPSA) is 72.5 Å². The molecule has 0 bridgehead atoms. The van der Waals surface area contributed by atoms with Crippen molar-refractivity contribution < 1.29 is 17.9 Å². The monoisotopic (exact) mass is 359 g/mol. The Kier molecular flexibility index (Phi) is 4.95. The van der Waals surface area contributed by atoms with Gasteiger partial charge in [0.15, 0.2) is 0 Å². The zero-order chi connectivity index (χ0) is 16.3. The molecule has 0 spiro atoms. The summed E-state index contributed by atoms with van der Waals surface area (Å²) in [5.41, 5.74) is 0.430. The predicted octanol–water partition coefficient (Wildman–Crippen LogP) is 3.53. The molecule has 0 aliphatic heterocycles. The minimum Gasteiger partial charge on any atom is -0.495 e. The summed E-state index contributed by atoms with van der Waals surface area (Å²) in [6.45, 7) is 0. The standard InChI is InChI=1S/C14H11Cl2NO4S/c1-21-13-5-3-2-4-12(13)17-14(18)10-8-9(22(16,19)20)6-7-11(10)15/h2-8H,1H3,(H,17,18). The van der Waals surface area contributed by atoms with Crippen LogP contribution < -0.4 is 10.1 Å². The average molecular weight is 360 g/mol. The van der Waals surface area contributed by atoms with Gasteiger partial charge in [0.1, 0.15) is 5.75 Å². The highest BCUT2D eigenvalue weighted by atomic mass is 35.7. The van der Waals surface area contributed by atoms with E-state index in [0.29, 0.717) is 11.4 Å². The van der Waals surface area contributed by atoms with Crippen molar-refractivity contribution in [2.45, 2.75) is 4.90 Å². The van der Waals surface area contributed by atoms with E-state index < -0.39 is 15.0 Å². The molecule has 0 aliphatic carbocycles. The number of hydrogen-bond acceptors (Lipinski definition) is 4. The van der Waals surface area contributed by atoms with E-state index in [4.69, 9.17) is 27.0 Å². The lowest BCUT2D eigenvalue weighted by atomic mass is 10.2. The van der Waals surface area contributed by atoms with Crippen LogP contribution in [0.25, 0.3) is 0 Å². The predicted molar refractivity (Wildman–Crippen MR) is 85.4 cm³/mol. The molecule has 1 N–H and O–H groups in total. The zero-order valence-corrected chi connectivity index (χ0v) is 13.7. The van der Waals surface area contributed by atoms with E-state index in [2.05, 4.69) is 5.32 Å². The normalized spacial score (nSPS) is 11.0. The molecular weight excluding hydrogens is 349 g/mol. The lowest BCUT2D eigenvalue weighted by Crippen LogP contribution is -2.13. The second kappa shape index (κ2) is 6.56. The van der Waals surface area contributed by atoms with Crippen LogP contribution in [0.5, 0.6) is 5.75 Å². The first-order chi connectivity index (χ1) is 10.3. The van der Waals surface area contributed by atoms with Gasteiger partial charge in [0.25, 0.3) is 15.0 Å². The first-order valence-corrected chi connectivity index (χ1v) is 8.70. The number of halogens is 2. The molecule has 0 fully saturated rings. The molecule has 0 saturated heterocycles. The highest BCUT2D eigenvalue weighted by Gasteiger charge is 2.17. The van der Waals surface area contributed by atoms with Crippen LogP contribution in [0.15, 0.2) is 47.4 Å². The summed E-state index contributed by atoms with van der Waals surface area (Å²) in [4.78, 5) is 12.1. The number of benzene rings is 2. The van der Waals surface area contributed by atoms with E-state index in [9.17, 15) is 13.2 Å². The summed E-state index contributed by atoms with van der Waals surface area (Å²) in [6, 6.07) is 10.4. The van der Waals surface area contributed by atoms with Crippen molar-refractivity contribution in [1.82, 2.24) is 0 Å². The van der Waals surface area contributed by atoms with Gasteiger partial charge in [-0.1, -0.05) is 23.7 Å². The van der Waals surface area contributed by atoms with Gasteiger partial charge in [0, 0.05) is 10.7 Å². The maximum atomic E-state index is 12.3. The molecule has 0 aliphatic rings. The Labute approximate surface area is 137 Å². The zero-order valence-electron chi connectivity index (χ0n) is 11.3. The molecule has 0 heterocycles. The summed E-state index contributed by atoms with van der Waals surface area (Å²) in [5, 5.41) is 2.72. The van der Waals surface area contributed by atoms with Crippen molar-refractivity contribution in [2.24, 2.45) is 0 Å². The Hall–Kier alpha value is -1.76. The van der Waals surface area contributed by atoms with Crippen LogP contribution >= 0.6 is 22.3 Å². The molecular formula is C14H11Cl2NO4S. The smallest absolute Gasteiger partial charge is 0.261 e. The number of carbonyl (C=O) groups excluding carboxylic acids is 1. The van der Waals surface area contributed by atoms with Gasteiger partial charge in [-0.05, 0) is 30.3 Å². The van der Waals surface area contributed by atoms with Crippen molar-refractivity contribution in [3.8, 4) is 5.75 Å². The van der Waals surface area contributed by atoms with Gasteiger partial charge in [-0.25, -0.2) is 8.42 Å². The summed E-state index contributed by atoms with van der Waals surface area (Å²) in [5.74, 6) is -0.107. The number of methoxy groups -OCH3 is 1. The third-order valence-corrected chi connectivity index (χ3v) is 4.50. The van der Waals surface area contributed by atoms with Crippen LogP contribution in [0.3, 0.4) is 0 Å². The lowest BCUT2D eigenvalue weighted by molar-refractivity contribution is 0.102. The number of nitrogens with one attached hydrogen (secondary N) is 1. The van der Waals surface area contributed by atoms with Crippen molar-refractivity contribution in [3.05, 3.63) is 53.1 Å². The van der Waals surface area contributed by atoms with E-state index in [0.717, 1.165) is 6.07 Å². The first-order valence-electron chi connectivity index (χ1n) is 6.01. The van der Waals surface area contributed by atoms with Crippen molar-refractivity contribution >= 4 is 42.9 Å². The Morgan fingerprint density at radius 3 is 2.50 bits per heavy atom. The molecule has 8 heteroatoms. The van der Waals surface area contributed by atoms with Gasteiger partial charge >= 0.3 is 0 Å². The Morgan fingerprint density at radius 1 is 1.18 bits per heavy atom. The van der Waals surface area contributed by atoms with E-state index >= 15 is 0 Å². The fraction of sp³-hybridized carbons (Fsp3) is 0.0714. The largest absolute Gasteiger partial charge is 0.495 e. The van der Waals surface area contributed by atoms with Gasteiger partial charge in [-0.3, -0.25) is 4.79 Å². The SMILES string of the molecule is COc1ccccc1NC(=O)c1cc(S(=O)(=O)Cl)ccc1Cl. The molecule has 0 aromatic heterocycles. The first kappa shape index (κ1) is 16.6. The molecule has 2 rings (SSSR count). The molecule has 2 aromatic carbocycles. The number of para-hydroxylation sites is 2. The van der Waals surface area contributed by atoms with Crippen LogP contribution in [0.2, 0.25) is 5.02 Å². The highest BCUT2D eigenvalue weighted by Crippen LogP contribution is 2.27. The summed E-state index contributed by atoms with van der Waals surface area (Å²) >= 11 is 5.95. The van der Waals surface area contributed by atoms with E-state index in [-0.39, 0.29) is 15.5 Å². The van der Waals surface area contributed by atoms with Crippen LogP contribution in [0.4, 0.5) is 5.69 Å². The average Bonchev–Trinajstić information content (AvgIpc) is 2.47. The van der Waals surface area contributed by atoms with Gasteiger partial charge in [0.05, 0.1) is 28.3 Å². The third-order valence-electron chi connectivity index (χ3n) is 2.82. The number of anilines is 1. The van der Waals surface area contributed by atoms with Crippen molar-refractivity contribution in [1.29, 1.82) is 0 Å². The van der Waals surface area contributed by atoms with Gasteiger partial charge in [-0.2, -0.15) is 0 Å². The molecule has 116 valence electrons. The molecule has 22 heavy (non-hydrogen) atoms. The van der Waals surface area contributed by atoms with Crippen LogP contribution in [-0.4, -0.2) is 21.4 Å². The second-order valence-electron chi connectivity index (χ2n) is 4.23. The van der Waals surface area contributed by atoms with E-state index in [1.54, 1.807) is 24.3 Å². The number of amides is 1. The van der Waals surface area contributed by atoms with E-state index in [1.165, 1.54) is 19.2 Å². The third kappa shape index (κ3) is 3.71. The fourth-order valence-electron chi connectivity index (χ4n) is 1.77. The molecule has 0 radical (unpaired) electrons. The lowest BCUT2D eigenvalue weighted by Gasteiger charge is -2.11. The summed E-state index contributed by atoms with van der Waals surface area (Å²) in [7, 11) is 2.79. The minimum atomic E-state index is -3.95. The van der Waals surface area contributed by atoms with Crippen LogP contribution in [0, 0.1) is 0 Å². The Balaban J connectivity index is 2.38. The molecule has 2 aromatic rings. The molecule has 5 nitrogen and oxygen atoms in total. The Bertz CT molecular complexity index is 821. The summed E-state index contributed by atoms with van der Waals surface area (Å²) in [6.07, 6.45) is 0. The van der Waals surface area contributed by atoms with Crippen LogP contribution in [-0.2, 0) is 9.05 Å². The van der Waals surface area contributed by atoms with Crippen molar-refractivity contribution in [3.63, 3.8) is 0 Å². The summed E-state index contributed by atoms with van der Waals surface area (Å²) < 4.78 is 27.8. The number of ether oxygens (including phenoxy) is 1. The Morgan fingerprint density at radius 2 is 1.86 bits per heavy atom. The van der Waals surface area contributed by atoms with Gasteiger partial charge in [0.2, 0.25) is 0 Å². The van der Waals surface area contributed by atoms with Crippen LogP contribution in [0.1, 0.15) is 10.4 Å². The number of carbonyl (C=O) groups is 1. The van der Waals surface area contributed by atoms with E-state index in [1.807, 2.05) is 0 Å². The second-order valence-corrected chi connectivity index (χ2v) is 7.21. The molecule has 0 unspecified atom stereocenters. The van der Waals surface area contributed by atoms with Gasteiger partial charge in [-0.15, -0.1) is 0 Å². The maximum Gasteiger partial charge on any atom is 0.261 e. The molecule has 0 atom stereocenters. The highest BCUT2D eigenvalue weighted by molar-refractivity contribution is 8.13. The fourth-order valence-corrected chi connectivity index (χ4v) is 2.75. The molecule has 1 amide bonds. The maximum absolute atomic E-state index is 12.3. The van der Waals surface area contributed by atoms with Crippen molar-refractivity contribution in [2.75, 3.05) is 12.4 Å². The minimum absolute atomic E-state index is 0.00528. The quantitative estimate of drug-likeness (QED) is 0.847. The molecule has 0 saturated carbocycles. The van der Waals surface area contributed by atoms with Gasteiger partial charge < -0.3 is 10.1 Å².